The van der Waals surface area contributed by atoms with Crippen molar-refractivity contribution < 1.29 is 33.5 Å². The highest BCUT2D eigenvalue weighted by Crippen LogP contribution is 2.36. The number of esters is 1. The quantitative estimate of drug-likeness (QED) is 0.122. The largest absolute Gasteiger partial charge is 0.493 e. The highest BCUT2D eigenvalue weighted by Gasteiger charge is 2.15. The monoisotopic (exact) mass is 538 g/mol. The van der Waals surface area contributed by atoms with Crippen LogP contribution in [-0.2, 0) is 4.74 Å². The maximum Gasteiger partial charge on any atom is 0.338 e. The molecule has 1 aromatic heterocycles. The van der Waals surface area contributed by atoms with Gasteiger partial charge in [0.2, 0.25) is 5.75 Å². The number of nitro groups is 1. The fourth-order valence-electron chi connectivity index (χ4n) is 3.38. The second-order valence-electron chi connectivity index (χ2n) is 7.56. The van der Waals surface area contributed by atoms with Crippen LogP contribution in [-0.4, -0.2) is 49.3 Å². The van der Waals surface area contributed by atoms with E-state index in [1.165, 1.54) is 38.5 Å². The molecule has 0 bridgehead atoms. The molecule has 196 valence electrons. The van der Waals surface area contributed by atoms with Gasteiger partial charge in [0.25, 0.3) is 5.69 Å². The minimum atomic E-state index is -0.615. The van der Waals surface area contributed by atoms with E-state index in [1.807, 2.05) is 0 Å². The predicted octanol–water partition coefficient (Wildman–Crippen LogP) is 5.10. The van der Waals surface area contributed by atoms with Gasteiger partial charge < -0.3 is 24.3 Å². The van der Waals surface area contributed by atoms with Crippen LogP contribution in [0.5, 0.6) is 17.2 Å². The van der Waals surface area contributed by atoms with Gasteiger partial charge in [0.15, 0.2) is 16.6 Å². The minimum absolute atomic E-state index is 0.00854. The van der Waals surface area contributed by atoms with E-state index in [0.29, 0.717) is 33.0 Å². The summed E-state index contributed by atoms with van der Waals surface area (Å²) in [5, 5.41) is 16.3. The summed E-state index contributed by atoms with van der Waals surface area (Å²) in [6, 6.07) is 15.0. The Bertz CT molecular complexity index is 1470. The van der Waals surface area contributed by atoms with Gasteiger partial charge in [-0.3, -0.25) is 15.4 Å². The van der Waals surface area contributed by atoms with Crippen LogP contribution in [0.15, 0.2) is 60.7 Å². The smallest absolute Gasteiger partial charge is 0.338 e. The zero-order valence-electron chi connectivity index (χ0n) is 20.3. The lowest BCUT2D eigenvalue weighted by atomic mass is 10.2. The number of methoxy groups -OCH3 is 2. The number of hydrogen-bond acceptors (Lipinski definition) is 10. The van der Waals surface area contributed by atoms with E-state index in [-0.39, 0.29) is 29.7 Å². The molecule has 0 aliphatic carbocycles. The molecule has 0 radical (unpaired) electrons. The van der Waals surface area contributed by atoms with E-state index in [2.05, 4.69) is 15.6 Å². The number of ether oxygens (including phenoxy) is 4. The molecule has 0 aliphatic rings. The topological polar surface area (TPSA) is 151 Å². The first-order valence-corrected chi connectivity index (χ1v) is 11.9. The molecule has 2 amide bonds. The van der Waals surface area contributed by atoms with E-state index in [1.54, 1.807) is 36.4 Å². The number of nitrogens with one attached hydrogen (secondary N) is 2. The van der Waals surface area contributed by atoms with Crippen molar-refractivity contribution in [3.05, 3.63) is 76.3 Å². The maximum atomic E-state index is 12.5. The molecule has 38 heavy (non-hydrogen) atoms. The number of aromatic nitrogens is 1. The van der Waals surface area contributed by atoms with E-state index >= 15 is 0 Å². The van der Waals surface area contributed by atoms with E-state index in [4.69, 9.17) is 18.9 Å². The molecule has 0 atom stereocenters. The molecule has 4 aromatic rings. The maximum absolute atomic E-state index is 12.5. The third-order valence-corrected chi connectivity index (χ3v) is 6.04. The van der Waals surface area contributed by atoms with E-state index in [0.717, 1.165) is 11.3 Å². The summed E-state index contributed by atoms with van der Waals surface area (Å²) in [6.07, 6.45) is 0. The zero-order valence-corrected chi connectivity index (χ0v) is 21.1. The van der Waals surface area contributed by atoms with E-state index < -0.39 is 16.9 Å². The first kappa shape index (κ1) is 26.2. The van der Waals surface area contributed by atoms with E-state index in [9.17, 15) is 19.7 Å². The van der Waals surface area contributed by atoms with Gasteiger partial charge in [-0.05, 0) is 36.4 Å². The fourth-order valence-corrected chi connectivity index (χ4v) is 4.28. The zero-order chi connectivity index (χ0) is 27.1. The van der Waals surface area contributed by atoms with Crippen molar-refractivity contribution in [3.63, 3.8) is 0 Å². The number of urea groups is 1. The van der Waals surface area contributed by atoms with Crippen LogP contribution < -0.4 is 24.8 Å². The number of para-hydroxylation sites is 1. The number of amides is 2. The molecule has 1 heterocycles. The number of carbonyl (C=O) groups is 2. The fraction of sp³-hybridized carbons (Fsp3) is 0.160. The van der Waals surface area contributed by atoms with Gasteiger partial charge >= 0.3 is 12.0 Å². The van der Waals surface area contributed by atoms with Gasteiger partial charge in [-0.15, -0.1) is 0 Å². The summed E-state index contributed by atoms with van der Waals surface area (Å²) in [6.45, 7) is 0.0738. The van der Waals surface area contributed by atoms with Gasteiger partial charge in [0, 0.05) is 17.8 Å². The van der Waals surface area contributed by atoms with Crippen molar-refractivity contribution in [2.45, 2.75) is 0 Å². The van der Waals surface area contributed by atoms with Gasteiger partial charge in [0.05, 0.1) is 34.9 Å². The Hall–Kier alpha value is -4.91. The molecule has 13 heteroatoms. The molecular weight excluding hydrogens is 516 g/mol. The first-order valence-electron chi connectivity index (χ1n) is 11.1. The summed E-state index contributed by atoms with van der Waals surface area (Å²) in [5.74, 6) is 0.854. The second kappa shape index (κ2) is 11.9. The Labute approximate surface area is 220 Å². The van der Waals surface area contributed by atoms with Gasteiger partial charge in [0.1, 0.15) is 13.2 Å². The second-order valence-corrected chi connectivity index (χ2v) is 8.59. The first-order chi connectivity index (χ1) is 18.4. The van der Waals surface area contributed by atoms with Crippen molar-refractivity contribution in [3.8, 4) is 17.2 Å². The summed E-state index contributed by atoms with van der Waals surface area (Å²) in [4.78, 5) is 39.5. The van der Waals surface area contributed by atoms with Crippen molar-refractivity contribution in [1.82, 2.24) is 4.98 Å². The lowest BCUT2D eigenvalue weighted by Gasteiger charge is -2.14. The van der Waals surface area contributed by atoms with Gasteiger partial charge in [-0.2, -0.15) is 0 Å². The number of thiazole rings is 1. The molecule has 2 N–H and O–H groups in total. The normalized spacial score (nSPS) is 10.5. The van der Waals surface area contributed by atoms with Gasteiger partial charge in [-0.25, -0.2) is 14.6 Å². The third-order valence-electron chi connectivity index (χ3n) is 5.10. The number of fused-ring (bicyclic) bond motifs is 1. The highest BCUT2D eigenvalue weighted by atomic mass is 32.1. The molecule has 0 aliphatic heterocycles. The van der Waals surface area contributed by atoms with Crippen LogP contribution in [0.25, 0.3) is 10.2 Å². The number of carbonyl (C=O) groups excluding carboxylic acids is 2. The minimum Gasteiger partial charge on any atom is -0.493 e. The molecule has 3 aromatic carbocycles. The molecule has 0 saturated heterocycles. The standard InChI is InChI=1S/C25H22N4O8S/c1-34-19-7-4-8-20(35-2)22(19)36-11-12-37-23(30)15-9-10-18-21(13-15)38-25(27-18)28-24(31)26-16-5-3-6-17(14-16)29(32)33/h3-10,13-14H,11-12H2,1-2H3,(H2,26,27,28,31). The van der Waals surface area contributed by atoms with Crippen molar-refractivity contribution in [2.24, 2.45) is 0 Å². The van der Waals surface area contributed by atoms with Crippen molar-refractivity contribution >= 4 is 50.1 Å². The molecule has 0 saturated carbocycles. The lowest BCUT2D eigenvalue weighted by molar-refractivity contribution is -0.384. The molecule has 0 fully saturated rings. The molecule has 4 rings (SSSR count). The summed E-state index contributed by atoms with van der Waals surface area (Å²) in [7, 11) is 3.03. The van der Waals surface area contributed by atoms with Crippen molar-refractivity contribution in [1.29, 1.82) is 0 Å². The van der Waals surface area contributed by atoms with Crippen LogP contribution in [0, 0.1) is 10.1 Å². The molecule has 12 nitrogen and oxygen atoms in total. The Morgan fingerprint density at radius 3 is 2.42 bits per heavy atom. The number of non-ortho nitro benzene ring substituents is 1. The Balaban J connectivity index is 1.33. The van der Waals surface area contributed by atoms with Crippen LogP contribution >= 0.6 is 11.3 Å². The molecular formula is C25H22N4O8S. The highest BCUT2D eigenvalue weighted by molar-refractivity contribution is 7.22. The number of rotatable bonds is 10. The average molecular weight is 539 g/mol. The summed E-state index contributed by atoms with van der Waals surface area (Å²) in [5.41, 5.74) is 0.997. The molecule has 0 spiro atoms. The SMILES string of the molecule is COc1cccc(OC)c1OCCOC(=O)c1ccc2nc(NC(=O)Nc3cccc([N+](=O)[O-])c3)sc2c1. The number of hydrogen-bond donors (Lipinski definition) is 2. The Morgan fingerprint density at radius 1 is 0.974 bits per heavy atom. The number of anilines is 2. The lowest BCUT2D eigenvalue weighted by Crippen LogP contribution is -2.19. The van der Waals surface area contributed by atoms with Crippen LogP contribution in [0.2, 0.25) is 0 Å². The Kier molecular flexibility index (Phi) is 8.18. The predicted molar refractivity (Wildman–Crippen MR) is 141 cm³/mol. The number of nitro benzene ring substituents is 1. The van der Waals surface area contributed by atoms with Gasteiger partial charge in [-0.1, -0.05) is 23.5 Å². The van der Waals surface area contributed by atoms with Crippen LogP contribution in [0.1, 0.15) is 10.4 Å². The Morgan fingerprint density at radius 2 is 1.71 bits per heavy atom. The average Bonchev–Trinajstić information content (AvgIpc) is 3.32. The molecule has 0 unspecified atom stereocenters. The van der Waals surface area contributed by atoms with Crippen molar-refractivity contribution in [2.75, 3.05) is 38.1 Å². The summed E-state index contributed by atoms with van der Waals surface area (Å²) < 4.78 is 22.2. The van der Waals surface area contributed by atoms with Crippen LogP contribution in [0.4, 0.5) is 21.3 Å². The summed E-state index contributed by atoms with van der Waals surface area (Å²) >= 11 is 1.16. The number of nitrogens with zero attached hydrogens (tertiary/aromatic N) is 2. The van der Waals surface area contributed by atoms with Crippen LogP contribution in [0.3, 0.4) is 0 Å². The number of benzene rings is 3. The third kappa shape index (κ3) is 6.25.